The topological polar surface area (TPSA) is 34.1 Å². The predicted molar refractivity (Wildman–Crippen MR) is 59.6 cm³/mol. The summed E-state index contributed by atoms with van der Waals surface area (Å²) >= 11 is 0. The van der Waals surface area contributed by atoms with Crippen LogP contribution in [-0.4, -0.2) is 23.7 Å². The summed E-state index contributed by atoms with van der Waals surface area (Å²) in [6.07, 6.45) is 5.14. The van der Waals surface area contributed by atoms with Gasteiger partial charge < -0.3 is 10.1 Å². The van der Waals surface area contributed by atoms with E-state index >= 15 is 0 Å². The molecule has 15 heavy (non-hydrogen) atoms. The van der Waals surface area contributed by atoms with Crippen molar-refractivity contribution in [2.24, 2.45) is 0 Å². The third-order valence-electron chi connectivity index (χ3n) is 3.02. The Morgan fingerprint density at radius 2 is 2.47 bits per heavy atom. The molecule has 1 aliphatic heterocycles. The maximum atomic E-state index is 5.52. The number of rotatable bonds is 3. The normalized spacial score (nSPS) is 27.9. The Labute approximate surface area is 90.9 Å². The van der Waals surface area contributed by atoms with Crippen LogP contribution in [0.3, 0.4) is 0 Å². The lowest BCUT2D eigenvalue weighted by Gasteiger charge is -2.21. The highest BCUT2D eigenvalue weighted by Crippen LogP contribution is 2.18. The Morgan fingerprint density at radius 1 is 1.60 bits per heavy atom. The molecule has 3 nitrogen and oxygen atoms in total. The van der Waals surface area contributed by atoms with E-state index in [1.807, 2.05) is 12.3 Å². The molecule has 82 valence electrons. The van der Waals surface area contributed by atoms with E-state index in [0.717, 1.165) is 13.0 Å². The van der Waals surface area contributed by atoms with Crippen LogP contribution in [-0.2, 0) is 4.74 Å². The third-order valence-corrected chi connectivity index (χ3v) is 3.02. The van der Waals surface area contributed by atoms with Gasteiger partial charge in [0.05, 0.1) is 6.10 Å². The van der Waals surface area contributed by atoms with Gasteiger partial charge in [-0.15, -0.1) is 0 Å². The fourth-order valence-corrected chi connectivity index (χ4v) is 2.00. The van der Waals surface area contributed by atoms with Gasteiger partial charge in [0.15, 0.2) is 0 Å². The minimum atomic E-state index is 0.323. The Bertz CT molecular complexity index is 302. The molecule has 3 atom stereocenters. The van der Waals surface area contributed by atoms with Crippen molar-refractivity contribution in [1.82, 2.24) is 10.3 Å². The molecule has 0 amide bonds. The van der Waals surface area contributed by atoms with Crippen LogP contribution < -0.4 is 5.32 Å². The largest absolute Gasteiger partial charge is 0.377 e. The summed E-state index contributed by atoms with van der Waals surface area (Å²) in [5, 5.41) is 3.58. The average Bonchev–Trinajstić information content (AvgIpc) is 2.66. The standard InChI is InChI=1S/C12H18N2O/c1-9(11-4-3-6-13-8-11)14-12-5-7-15-10(12)2/h3-4,6,8-10,12,14H,5,7H2,1-2H3/t9-,10-,12+/m0/s1. The lowest BCUT2D eigenvalue weighted by atomic mass is 10.1. The monoisotopic (exact) mass is 206 g/mol. The molecule has 1 aromatic rings. The van der Waals surface area contributed by atoms with Crippen LogP contribution in [0.1, 0.15) is 31.9 Å². The molecule has 1 aliphatic rings. The van der Waals surface area contributed by atoms with E-state index in [-0.39, 0.29) is 0 Å². The molecule has 0 aromatic carbocycles. The summed E-state index contributed by atoms with van der Waals surface area (Å²) in [5.41, 5.74) is 1.23. The first-order chi connectivity index (χ1) is 7.27. The van der Waals surface area contributed by atoms with E-state index < -0.39 is 0 Å². The Hall–Kier alpha value is -0.930. The number of ether oxygens (including phenoxy) is 1. The highest BCUT2D eigenvalue weighted by Gasteiger charge is 2.25. The zero-order valence-electron chi connectivity index (χ0n) is 9.31. The number of pyridine rings is 1. The summed E-state index contributed by atoms with van der Waals surface area (Å²) in [6.45, 7) is 5.17. The van der Waals surface area contributed by atoms with Gasteiger partial charge in [-0.1, -0.05) is 6.07 Å². The molecule has 0 bridgehead atoms. The summed E-state index contributed by atoms with van der Waals surface area (Å²) in [6, 6.07) is 4.89. The van der Waals surface area contributed by atoms with E-state index in [2.05, 4.69) is 30.2 Å². The van der Waals surface area contributed by atoms with Crippen molar-refractivity contribution < 1.29 is 4.74 Å². The highest BCUT2D eigenvalue weighted by atomic mass is 16.5. The summed E-state index contributed by atoms with van der Waals surface area (Å²) < 4.78 is 5.52. The minimum Gasteiger partial charge on any atom is -0.377 e. The van der Waals surface area contributed by atoms with Crippen molar-refractivity contribution in [3.05, 3.63) is 30.1 Å². The van der Waals surface area contributed by atoms with Crippen molar-refractivity contribution >= 4 is 0 Å². The van der Waals surface area contributed by atoms with Crippen LogP contribution in [0.2, 0.25) is 0 Å². The number of hydrogen-bond donors (Lipinski definition) is 1. The number of hydrogen-bond acceptors (Lipinski definition) is 3. The first-order valence-electron chi connectivity index (χ1n) is 5.55. The second-order valence-electron chi connectivity index (χ2n) is 4.15. The van der Waals surface area contributed by atoms with Crippen LogP contribution in [0.4, 0.5) is 0 Å². The molecule has 1 saturated heterocycles. The quantitative estimate of drug-likeness (QED) is 0.820. The Morgan fingerprint density at radius 3 is 3.07 bits per heavy atom. The Kier molecular flexibility index (Phi) is 3.34. The molecule has 0 aliphatic carbocycles. The van der Waals surface area contributed by atoms with Gasteiger partial charge in [0, 0.05) is 31.1 Å². The van der Waals surface area contributed by atoms with Crippen LogP contribution in [0.15, 0.2) is 24.5 Å². The summed E-state index contributed by atoms with van der Waals surface area (Å²) in [4.78, 5) is 4.13. The molecule has 0 saturated carbocycles. The zero-order valence-corrected chi connectivity index (χ0v) is 9.31. The maximum Gasteiger partial charge on any atom is 0.0700 e. The molecule has 0 spiro atoms. The summed E-state index contributed by atoms with van der Waals surface area (Å²) in [7, 11) is 0. The van der Waals surface area contributed by atoms with Gasteiger partial charge in [-0.05, 0) is 31.9 Å². The first kappa shape index (κ1) is 10.6. The van der Waals surface area contributed by atoms with E-state index in [0.29, 0.717) is 18.2 Å². The zero-order chi connectivity index (χ0) is 10.7. The molecule has 0 radical (unpaired) electrons. The molecule has 1 N–H and O–H groups in total. The van der Waals surface area contributed by atoms with Crippen molar-refractivity contribution in [3.63, 3.8) is 0 Å². The Balaban J connectivity index is 1.95. The molecule has 2 heterocycles. The van der Waals surface area contributed by atoms with Gasteiger partial charge >= 0.3 is 0 Å². The van der Waals surface area contributed by atoms with Crippen LogP contribution in [0.5, 0.6) is 0 Å². The highest BCUT2D eigenvalue weighted by molar-refractivity contribution is 5.13. The second kappa shape index (κ2) is 4.73. The van der Waals surface area contributed by atoms with Gasteiger partial charge in [-0.2, -0.15) is 0 Å². The smallest absolute Gasteiger partial charge is 0.0700 e. The molecule has 2 rings (SSSR count). The molecule has 0 unspecified atom stereocenters. The van der Waals surface area contributed by atoms with Gasteiger partial charge in [0.25, 0.3) is 0 Å². The van der Waals surface area contributed by atoms with Gasteiger partial charge in [-0.25, -0.2) is 0 Å². The second-order valence-corrected chi connectivity index (χ2v) is 4.15. The fourth-order valence-electron chi connectivity index (χ4n) is 2.00. The first-order valence-corrected chi connectivity index (χ1v) is 5.55. The van der Waals surface area contributed by atoms with Crippen LogP contribution in [0, 0.1) is 0 Å². The third kappa shape index (κ3) is 2.55. The average molecular weight is 206 g/mol. The van der Waals surface area contributed by atoms with Crippen LogP contribution >= 0.6 is 0 Å². The number of nitrogens with zero attached hydrogens (tertiary/aromatic N) is 1. The van der Waals surface area contributed by atoms with Crippen molar-refractivity contribution in [3.8, 4) is 0 Å². The fraction of sp³-hybridized carbons (Fsp3) is 0.583. The van der Waals surface area contributed by atoms with Crippen molar-refractivity contribution in [1.29, 1.82) is 0 Å². The van der Waals surface area contributed by atoms with Gasteiger partial charge in [0.2, 0.25) is 0 Å². The molecule has 1 aromatic heterocycles. The molecule has 3 heteroatoms. The van der Waals surface area contributed by atoms with Crippen molar-refractivity contribution in [2.45, 2.75) is 38.5 Å². The number of nitrogens with one attached hydrogen (secondary N) is 1. The van der Waals surface area contributed by atoms with Crippen LogP contribution in [0.25, 0.3) is 0 Å². The lowest BCUT2D eigenvalue weighted by Crippen LogP contribution is -2.36. The number of aromatic nitrogens is 1. The molecular formula is C12H18N2O. The van der Waals surface area contributed by atoms with Gasteiger partial charge in [0.1, 0.15) is 0 Å². The SMILES string of the molecule is C[C@H](N[C@@H]1CCO[C@H]1C)c1cccnc1. The minimum absolute atomic E-state index is 0.323. The lowest BCUT2D eigenvalue weighted by molar-refractivity contribution is 0.111. The van der Waals surface area contributed by atoms with E-state index in [1.165, 1.54) is 5.56 Å². The van der Waals surface area contributed by atoms with E-state index in [1.54, 1.807) is 6.20 Å². The van der Waals surface area contributed by atoms with Gasteiger partial charge in [-0.3, -0.25) is 4.98 Å². The molecular weight excluding hydrogens is 188 g/mol. The molecule has 1 fully saturated rings. The van der Waals surface area contributed by atoms with Crippen molar-refractivity contribution in [2.75, 3.05) is 6.61 Å². The van der Waals surface area contributed by atoms with E-state index in [4.69, 9.17) is 4.74 Å². The summed E-state index contributed by atoms with van der Waals surface area (Å²) in [5.74, 6) is 0. The predicted octanol–water partition coefficient (Wildman–Crippen LogP) is 1.91. The maximum absolute atomic E-state index is 5.52. The van der Waals surface area contributed by atoms with E-state index in [9.17, 15) is 0 Å².